The van der Waals surface area contributed by atoms with E-state index in [1.54, 1.807) is 6.07 Å². The Hall–Kier alpha value is -2.86. The molecule has 4 rings (SSSR count). The molecule has 2 aromatic carbocycles. The van der Waals surface area contributed by atoms with Crippen LogP contribution in [-0.4, -0.2) is 49.4 Å². The summed E-state index contributed by atoms with van der Waals surface area (Å²) in [4.78, 5) is 27.6. The second-order valence-corrected chi connectivity index (χ2v) is 8.42. The lowest BCUT2D eigenvalue weighted by Gasteiger charge is -2.31. The first-order valence-electron chi connectivity index (χ1n) is 11.0. The minimum Gasteiger partial charge on any atom is -0.486 e. The second kappa shape index (κ2) is 9.52. The summed E-state index contributed by atoms with van der Waals surface area (Å²) in [6.45, 7) is 6.96. The zero-order chi connectivity index (χ0) is 21.8. The third-order valence-electron chi connectivity index (χ3n) is 6.18. The first-order valence-corrected chi connectivity index (χ1v) is 11.0. The fraction of sp³-hybridized carbons (Fsp3) is 0.440. The predicted octanol–water partition coefficient (Wildman–Crippen LogP) is 3.54. The maximum atomic E-state index is 13.0. The van der Waals surface area contributed by atoms with Gasteiger partial charge in [-0.1, -0.05) is 24.3 Å². The minimum atomic E-state index is -0.0250. The smallest absolute Gasteiger partial charge is 0.234 e. The summed E-state index contributed by atoms with van der Waals surface area (Å²) in [7, 11) is 0. The number of rotatable bonds is 6. The monoisotopic (exact) mass is 422 g/mol. The van der Waals surface area contributed by atoms with Gasteiger partial charge in [-0.3, -0.25) is 14.5 Å². The van der Waals surface area contributed by atoms with Crippen LogP contribution in [0.5, 0.6) is 11.5 Å². The number of piperidine rings is 1. The van der Waals surface area contributed by atoms with E-state index in [0.29, 0.717) is 36.8 Å². The Morgan fingerprint density at radius 2 is 1.77 bits per heavy atom. The lowest BCUT2D eigenvalue weighted by atomic mass is 9.88. The molecule has 1 amide bonds. The number of ketones is 1. The molecule has 2 aliphatic rings. The average Bonchev–Trinajstić information content (AvgIpc) is 2.79. The van der Waals surface area contributed by atoms with Gasteiger partial charge in [-0.25, -0.2) is 0 Å². The fourth-order valence-corrected chi connectivity index (χ4v) is 4.43. The molecule has 1 saturated heterocycles. The van der Waals surface area contributed by atoms with E-state index in [-0.39, 0.29) is 23.7 Å². The molecular formula is C25H30N2O4. The highest BCUT2D eigenvalue weighted by molar-refractivity contribution is 5.98. The number of nitrogens with one attached hydrogen (secondary N) is 1. The van der Waals surface area contributed by atoms with Crippen molar-refractivity contribution in [2.75, 3.05) is 32.8 Å². The van der Waals surface area contributed by atoms with Crippen molar-refractivity contribution in [1.29, 1.82) is 0 Å². The molecule has 1 atom stereocenters. The highest BCUT2D eigenvalue weighted by atomic mass is 16.6. The second-order valence-electron chi connectivity index (χ2n) is 8.42. The van der Waals surface area contributed by atoms with E-state index < -0.39 is 0 Å². The van der Waals surface area contributed by atoms with E-state index in [1.165, 1.54) is 5.56 Å². The lowest BCUT2D eigenvalue weighted by Crippen LogP contribution is -2.43. The maximum absolute atomic E-state index is 13.0. The molecule has 6 nitrogen and oxygen atoms in total. The molecule has 0 aromatic heterocycles. The van der Waals surface area contributed by atoms with E-state index in [1.807, 2.05) is 31.2 Å². The van der Waals surface area contributed by atoms with Gasteiger partial charge in [0.1, 0.15) is 13.2 Å². The van der Waals surface area contributed by atoms with Crippen molar-refractivity contribution in [3.63, 3.8) is 0 Å². The summed E-state index contributed by atoms with van der Waals surface area (Å²) >= 11 is 0. The van der Waals surface area contributed by atoms with E-state index in [9.17, 15) is 9.59 Å². The van der Waals surface area contributed by atoms with Gasteiger partial charge in [0, 0.05) is 11.5 Å². The van der Waals surface area contributed by atoms with Gasteiger partial charge < -0.3 is 14.8 Å². The quantitative estimate of drug-likeness (QED) is 0.722. The van der Waals surface area contributed by atoms with Crippen LogP contribution in [0.2, 0.25) is 0 Å². The van der Waals surface area contributed by atoms with Gasteiger partial charge in [-0.15, -0.1) is 0 Å². The summed E-state index contributed by atoms with van der Waals surface area (Å²) in [5.74, 6) is 1.49. The number of ether oxygens (including phenoxy) is 2. The first kappa shape index (κ1) is 21.4. The van der Waals surface area contributed by atoms with Gasteiger partial charge in [0.05, 0.1) is 12.6 Å². The molecule has 1 unspecified atom stereocenters. The molecule has 0 spiro atoms. The standard InChI is InChI=1S/C25H30N2O4/c1-17-5-3-4-6-21(17)18(2)26-24(28)16-27-11-9-19(10-12-27)25(29)20-7-8-22-23(15-20)31-14-13-30-22/h3-8,15,18-19H,9-14,16H2,1-2H3,(H,26,28). The Kier molecular flexibility index (Phi) is 6.56. The van der Waals surface area contributed by atoms with Crippen molar-refractivity contribution >= 4 is 11.7 Å². The maximum Gasteiger partial charge on any atom is 0.234 e. The number of Topliss-reactive ketones (excluding diaryl/α,β-unsaturated/α-hetero) is 1. The number of carbonyl (C=O) groups is 2. The third kappa shape index (κ3) is 5.07. The van der Waals surface area contributed by atoms with Gasteiger partial charge in [0.25, 0.3) is 0 Å². The van der Waals surface area contributed by atoms with E-state index >= 15 is 0 Å². The van der Waals surface area contributed by atoms with Crippen LogP contribution in [0.25, 0.3) is 0 Å². The molecule has 0 saturated carbocycles. The molecule has 6 heteroatoms. The fourth-order valence-electron chi connectivity index (χ4n) is 4.43. The predicted molar refractivity (Wildman–Crippen MR) is 119 cm³/mol. The third-order valence-corrected chi connectivity index (χ3v) is 6.18. The van der Waals surface area contributed by atoms with Crippen molar-refractivity contribution in [2.24, 2.45) is 5.92 Å². The average molecular weight is 423 g/mol. The molecule has 2 aliphatic heterocycles. The summed E-state index contributed by atoms with van der Waals surface area (Å²) in [6, 6.07) is 13.5. The van der Waals surface area contributed by atoms with Crippen LogP contribution in [0.15, 0.2) is 42.5 Å². The van der Waals surface area contributed by atoms with Crippen molar-refractivity contribution < 1.29 is 19.1 Å². The first-order chi connectivity index (χ1) is 15.0. The molecule has 164 valence electrons. The summed E-state index contributed by atoms with van der Waals surface area (Å²) < 4.78 is 11.1. The topological polar surface area (TPSA) is 67.9 Å². The van der Waals surface area contributed by atoms with Crippen LogP contribution in [0.4, 0.5) is 0 Å². The zero-order valence-electron chi connectivity index (χ0n) is 18.2. The molecule has 2 heterocycles. The lowest BCUT2D eigenvalue weighted by molar-refractivity contribution is -0.123. The van der Waals surface area contributed by atoms with Crippen LogP contribution in [0, 0.1) is 12.8 Å². The Labute approximate surface area is 183 Å². The van der Waals surface area contributed by atoms with Crippen molar-refractivity contribution in [3.8, 4) is 11.5 Å². The van der Waals surface area contributed by atoms with Gasteiger partial charge in [0.2, 0.25) is 5.91 Å². The Balaban J connectivity index is 1.27. The minimum absolute atomic E-state index is 0.0206. The number of aryl methyl sites for hydroxylation is 1. The molecule has 0 bridgehead atoms. The van der Waals surface area contributed by atoms with E-state index in [2.05, 4.69) is 29.3 Å². The molecule has 1 N–H and O–H groups in total. The highest BCUT2D eigenvalue weighted by Gasteiger charge is 2.28. The number of hydrogen-bond acceptors (Lipinski definition) is 5. The summed E-state index contributed by atoms with van der Waals surface area (Å²) in [5.41, 5.74) is 2.99. The molecule has 0 aliphatic carbocycles. The van der Waals surface area contributed by atoms with Crippen molar-refractivity contribution in [2.45, 2.75) is 32.7 Å². The van der Waals surface area contributed by atoms with Crippen LogP contribution in [-0.2, 0) is 4.79 Å². The highest BCUT2D eigenvalue weighted by Crippen LogP contribution is 2.32. The number of fused-ring (bicyclic) bond motifs is 1. The van der Waals surface area contributed by atoms with Gasteiger partial charge in [-0.05, 0) is 69.1 Å². The molecule has 1 fully saturated rings. The van der Waals surface area contributed by atoms with E-state index in [0.717, 1.165) is 31.5 Å². The van der Waals surface area contributed by atoms with Gasteiger partial charge in [-0.2, -0.15) is 0 Å². The number of hydrogen-bond donors (Lipinski definition) is 1. The Morgan fingerprint density at radius 3 is 2.52 bits per heavy atom. The van der Waals surface area contributed by atoms with Crippen molar-refractivity contribution in [3.05, 3.63) is 59.2 Å². The molecule has 31 heavy (non-hydrogen) atoms. The molecule has 2 aromatic rings. The largest absolute Gasteiger partial charge is 0.486 e. The number of benzene rings is 2. The Bertz CT molecular complexity index is 950. The van der Waals surface area contributed by atoms with Gasteiger partial charge in [0.15, 0.2) is 17.3 Å². The number of likely N-dealkylation sites (tertiary alicyclic amines) is 1. The van der Waals surface area contributed by atoms with Gasteiger partial charge >= 0.3 is 0 Å². The van der Waals surface area contributed by atoms with Crippen LogP contribution < -0.4 is 14.8 Å². The van der Waals surface area contributed by atoms with Crippen LogP contribution in [0.1, 0.15) is 47.3 Å². The summed E-state index contributed by atoms with van der Waals surface area (Å²) in [6.07, 6.45) is 1.52. The summed E-state index contributed by atoms with van der Waals surface area (Å²) in [5, 5.41) is 3.10. The van der Waals surface area contributed by atoms with Crippen LogP contribution in [0.3, 0.4) is 0 Å². The molecule has 0 radical (unpaired) electrons. The van der Waals surface area contributed by atoms with Crippen molar-refractivity contribution in [1.82, 2.24) is 10.2 Å². The van der Waals surface area contributed by atoms with Crippen LogP contribution >= 0.6 is 0 Å². The SMILES string of the molecule is Cc1ccccc1C(C)NC(=O)CN1CCC(C(=O)c2ccc3c(c2)OCCO3)CC1. The Morgan fingerprint density at radius 1 is 1.06 bits per heavy atom. The normalized spacial score (nSPS) is 17.7. The van der Waals surface area contributed by atoms with E-state index in [4.69, 9.17) is 9.47 Å². The molecular weight excluding hydrogens is 392 g/mol. The number of carbonyl (C=O) groups excluding carboxylic acids is 2. The zero-order valence-corrected chi connectivity index (χ0v) is 18.2. The number of amides is 1. The number of nitrogens with zero attached hydrogens (tertiary/aromatic N) is 1.